The van der Waals surface area contributed by atoms with Gasteiger partial charge in [-0.3, -0.25) is 4.72 Å². The Morgan fingerprint density at radius 1 is 1.43 bits per heavy atom. The highest BCUT2D eigenvalue weighted by atomic mass is 79.9. The zero-order chi connectivity index (χ0) is 16.4. The average Bonchev–Trinajstić information content (AvgIpc) is 3.27. The van der Waals surface area contributed by atoms with Crippen LogP contribution >= 0.6 is 15.9 Å². The highest BCUT2D eigenvalue weighted by molar-refractivity contribution is 9.10. The van der Waals surface area contributed by atoms with E-state index in [-0.39, 0.29) is 5.25 Å². The van der Waals surface area contributed by atoms with Crippen LogP contribution in [0.15, 0.2) is 16.7 Å². The molecule has 1 unspecified atom stereocenters. The summed E-state index contributed by atoms with van der Waals surface area (Å²) in [6.45, 7) is 1.66. The molecule has 128 valence electrons. The molecule has 2 fully saturated rings. The van der Waals surface area contributed by atoms with Gasteiger partial charge in [0.2, 0.25) is 15.9 Å². The molecule has 0 aromatic carbocycles. The molecule has 0 amide bonds. The van der Waals surface area contributed by atoms with E-state index in [1.807, 2.05) is 0 Å². The number of pyridine rings is 1. The molecule has 0 radical (unpaired) electrons. The smallest absolute Gasteiger partial charge is 0.238 e. The second kappa shape index (κ2) is 6.94. The quantitative estimate of drug-likeness (QED) is 0.757. The van der Waals surface area contributed by atoms with Crippen LogP contribution in [0.1, 0.15) is 32.1 Å². The molecular weight excluding hydrogens is 382 g/mol. The number of nitrogens with one attached hydrogen (secondary N) is 1. The lowest BCUT2D eigenvalue weighted by atomic mass is 10.1. The first kappa shape index (κ1) is 17.0. The second-order valence-corrected chi connectivity index (χ2v) is 9.14. The van der Waals surface area contributed by atoms with Crippen LogP contribution in [0, 0.1) is 0 Å². The van der Waals surface area contributed by atoms with Crippen molar-refractivity contribution in [2.45, 2.75) is 43.4 Å². The van der Waals surface area contributed by atoms with Crippen LogP contribution in [0.4, 0.5) is 5.69 Å². The minimum atomic E-state index is -3.33. The summed E-state index contributed by atoms with van der Waals surface area (Å²) >= 11 is 3.33. The topological polar surface area (TPSA) is 71.5 Å². The van der Waals surface area contributed by atoms with E-state index in [9.17, 15) is 8.42 Å². The molecule has 1 aliphatic carbocycles. The minimum absolute atomic E-state index is 0.276. The lowest BCUT2D eigenvalue weighted by Crippen LogP contribution is -2.26. The molecule has 1 atom stereocenters. The molecule has 1 saturated carbocycles. The van der Waals surface area contributed by atoms with Gasteiger partial charge in [-0.2, -0.15) is 0 Å². The monoisotopic (exact) mass is 403 g/mol. The lowest BCUT2D eigenvalue weighted by molar-refractivity contribution is 0.229. The van der Waals surface area contributed by atoms with Crippen molar-refractivity contribution in [3.8, 4) is 5.88 Å². The van der Waals surface area contributed by atoms with E-state index in [1.54, 1.807) is 12.3 Å². The van der Waals surface area contributed by atoms with Crippen molar-refractivity contribution in [2.24, 2.45) is 0 Å². The number of sulfonamides is 1. The van der Waals surface area contributed by atoms with Gasteiger partial charge in [-0.25, -0.2) is 13.4 Å². The summed E-state index contributed by atoms with van der Waals surface area (Å²) < 4.78 is 33.4. The van der Waals surface area contributed by atoms with Crippen LogP contribution in [-0.2, 0) is 10.0 Å². The van der Waals surface area contributed by atoms with Gasteiger partial charge < -0.3 is 9.64 Å². The molecule has 2 heterocycles. The summed E-state index contributed by atoms with van der Waals surface area (Å²) in [6, 6.07) is 2.24. The van der Waals surface area contributed by atoms with E-state index in [0.717, 1.165) is 25.8 Å². The molecule has 1 aromatic rings. The SMILES string of the molecule is CN1CCCC1CCOc1ncc(Br)cc1NS(=O)(=O)C1CC1. The van der Waals surface area contributed by atoms with Crippen LogP contribution in [0.25, 0.3) is 0 Å². The van der Waals surface area contributed by atoms with Crippen LogP contribution in [0.2, 0.25) is 0 Å². The molecule has 6 nitrogen and oxygen atoms in total. The van der Waals surface area contributed by atoms with Crippen LogP contribution in [0.3, 0.4) is 0 Å². The van der Waals surface area contributed by atoms with Gasteiger partial charge >= 0.3 is 0 Å². The zero-order valence-corrected chi connectivity index (χ0v) is 15.6. The maximum Gasteiger partial charge on any atom is 0.238 e. The van der Waals surface area contributed by atoms with Crippen LogP contribution in [-0.4, -0.2) is 49.8 Å². The van der Waals surface area contributed by atoms with E-state index in [4.69, 9.17) is 4.74 Å². The average molecular weight is 404 g/mol. The summed E-state index contributed by atoms with van der Waals surface area (Å²) in [6.07, 6.45) is 6.40. The van der Waals surface area contributed by atoms with E-state index in [2.05, 4.69) is 37.6 Å². The number of halogens is 1. The van der Waals surface area contributed by atoms with Crippen molar-refractivity contribution in [3.05, 3.63) is 16.7 Å². The number of likely N-dealkylation sites (tertiary alicyclic amines) is 1. The summed E-state index contributed by atoms with van der Waals surface area (Å²) in [5.74, 6) is 0.345. The highest BCUT2D eigenvalue weighted by Gasteiger charge is 2.36. The summed E-state index contributed by atoms with van der Waals surface area (Å²) in [7, 11) is -1.20. The van der Waals surface area contributed by atoms with E-state index in [1.165, 1.54) is 12.8 Å². The first-order chi connectivity index (χ1) is 11.0. The Hall–Kier alpha value is -0.860. The van der Waals surface area contributed by atoms with Gasteiger partial charge in [0, 0.05) is 16.7 Å². The maximum absolute atomic E-state index is 12.1. The van der Waals surface area contributed by atoms with Crippen molar-refractivity contribution in [1.82, 2.24) is 9.88 Å². The molecule has 1 saturated heterocycles. The minimum Gasteiger partial charge on any atom is -0.476 e. The van der Waals surface area contributed by atoms with Crippen LogP contribution in [0.5, 0.6) is 5.88 Å². The normalized spacial score (nSPS) is 22.3. The summed E-state index contributed by atoms with van der Waals surface area (Å²) in [4.78, 5) is 6.56. The number of hydrogen-bond donors (Lipinski definition) is 1. The fraction of sp³-hybridized carbons (Fsp3) is 0.667. The van der Waals surface area contributed by atoms with E-state index in [0.29, 0.717) is 28.7 Å². The van der Waals surface area contributed by atoms with Gasteiger partial charge in [0.1, 0.15) is 5.69 Å². The standard InChI is InChI=1S/C15H22BrN3O3S/c1-19-7-2-3-12(19)6-8-22-15-14(9-11(16)10-17-15)18-23(20,21)13-4-5-13/h9-10,12-13,18H,2-8H2,1H3. The molecular formula is C15H22BrN3O3S. The molecule has 1 aliphatic heterocycles. The molecule has 23 heavy (non-hydrogen) atoms. The Kier molecular flexibility index (Phi) is 5.13. The molecule has 3 rings (SSSR count). The van der Waals surface area contributed by atoms with Crippen molar-refractivity contribution < 1.29 is 13.2 Å². The predicted molar refractivity (Wildman–Crippen MR) is 93.3 cm³/mol. The van der Waals surface area contributed by atoms with Crippen LogP contribution < -0.4 is 9.46 Å². The number of nitrogens with zero attached hydrogens (tertiary/aromatic N) is 2. The molecule has 0 spiro atoms. The van der Waals surface area contributed by atoms with Gasteiger partial charge in [0.15, 0.2) is 0 Å². The molecule has 8 heteroatoms. The van der Waals surface area contributed by atoms with Gasteiger partial charge in [-0.05, 0) is 67.7 Å². The van der Waals surface area contributed by atoms with Crippen molar-refractivity contribution in [1.29, 1.82) is 0 Å². The number of hydrogen-bond acceptors (Lipinski definition) is 5. The number of anilines is 1. The fourth-order valence-electron chi connectivity index (χ4n) is 2.87. The zero-order valence-electron chi connectivity index (χ0n) is 13.2. The van der Waals surface area contributed by atoms with Crippen molar-refractivity contribution >= 4 is 31.6 Å². The third kappa shape index (κ3) is 4.36. The largest absolute Gasteiger partial charge is 0.476 e. The molecule has 2 aliphatic rings. The number of rotatable bonds is 7. The van der Waals surface area contributed by atoms with Gasteiger partial charge in [-0.15, -0.1) is 0 Å². The van der Waals surface area contributed by atoms with Crippen molar-refractivity contribution in [3.63, 3.8) is 0 Å². The Morgan fingerprint density at radius 3 is 2.87 bits per heavy atom. The fourth-order valence-corrected chi connectivity index (χ4v) is 4.57. The second-order valence-electron chi connectivity index (χ2n) is 6.27. The molecule has 0 bridgehead atoms. The molecule has 1 N–H and O–H groups in total. The van der Waals surface area contributed by atoms with Gasteiger partial charge in [0.25, 0.3) is 0 Å². The van der Waals surface area contributed by atoms with Gasteiger partial charge in [0.05, 0.1) is 11.9 Å². The predicted octanol–water partition coefficient (Wildman–Crippen LogP) is 2.61. The molecule has 1 aromatic heterocycles. The van der Waals surface area contributed by atoms with Crippen molar-refractivity contribution in [2.75, 3.05) is 24.9 Å². The third-order valence-electron chi connectivity index (χ3n) is 4.39. The van der Waals surface area contributed by atoms with E-state index >= 15 is 0 Å². The van der Waals surface area contributed by atoms with E-state index < -0.39 is 10.0 Å². The number of ether oxygens (including phenoxy) is 1. The summed E-state index contributed by atoms with van der Waals surface area (Å²) in [5, 5.41) is -0.276. The summed E-state index contributed by atoms with van der Waals surface area (Å²) in [5.41, 5.74) is 0.408. The first-order valence-electron chi connectivity index (χ1n) is 7.96. The Balaban J connectivity index is 1.64. The Morgan fingerprint density at radius 2 is 2.22 bits per heavy atom. The highest BCUT2D eigenvalue weighted by Crippen LogP contribution is 2.33. The van der Waals surface area contributed by atoms with Gasteiger partial charge in [-0.1, -0.05) is 0 Å². The third-order valence-corrected chi connectivity index (χ3v) is 6.68. The lowest BCUT2D eigenvalue weighted by Gasteiger charge is -2.19. The Labute approximate surface area is 145 Å². The maximum atomic E-state index is 12.1. The first-order valence-corrected chi connectivity index (χ1v) is 10.3. The number of aromatic nitrogens is 1. The Bertz CT molecular complexity index is 664.